The van der Waals surface area contributed by atoms with Crippen molar-refractivity contribution in [2.75, 3.05) is 11.9 Å². The first-order valence-electron chi connectivity index (χ1n) is 7.66. The molecule has 0 radical (unpaired) electrons. The van der Waals surface area contributed by atoms with Gasteiger partial charge in [0, 0.05) is 29.4 Å². The molecule has 0 fully saturated rings. The number of carbonyl (C=O) groups excluding carboxylic acids is 2. The van der Waals surface area contributed by atoms with Crippen molar-refractivity contribution < 1.29 is 18.4 Å². The molecule has 0 aliphatic rings. The van der Waals surface area contributed by atoms with Crippen molar-refractivity contribution >= 4 is 17.5 Å². The highest BCUT2D eigenvalue weighted by Crippen LogP contribution is 2.15. The van der Waals surface area contributed by atoms with Crippen molar-refractivity contribution in [3.8, 4) is 0 Å². The van der Waals surface area contributed by atoms with E-state index in [0.717, 1.165) is 25.0 Å². The monoisotopic (exact) mass is 332 g/mol. The van der Waals surface area contributed by atoms with Gasteiger partial charge in [-0.05, 0) is 36.8 Å². The molecule has 2 aromatic carbocycles. The van der Waals surface area contributed by atoms with Crippen molar-refractivity contribution in [1.82, 2.24) is 5.32 Å². The molecule has 126 valence electrons. The molecule has 4 nitrogen and oxygen atoms in total. The molecule has 0 unspecified atom stereocenters. The van der Waals surface area contributed by atoms with Crippen LogP contribution in [0.15, 0.2) is 42.5 Å². The van der Waals surface area contributed by atoms with Gasteiger partial charge in [0.15, 0.2) is 11.6 Å². The molecule has 0 saturated heterocycles. The lowest BCUT2D eigenvalue weighted by Gasteiger charge is -2.08. The molecule has 0 atom stereocenters. The first kappa shape index (κ1) is 17.6. The SMILES string of the molecule is CCCCNC(=O)c1cccc(C(=O)Nc2ccc(F)c(F)c2)c1. The lowest BCUT2D eigenvalue weighted by atomic mass is 10.1. The van der Waals surface area contributed by atoms with Crippen LogP contribution in [-0.2, 0) is 0 Å². The second-order valence-electron chi connectivity index (χ2n) is 5.27. The number of nitrogens with one attached hydrogen (secondary N) is 2. The predicted molar refractivity (Wildman–Crippen MR) is 88.0 cm³/mol. The molecule has 2 N–H and O–H groups in total. The number of benzene rings is 2. The quantitative estimate of drug-likeness (QED) is 0.792. The van der Waals surface area contributed by atoms with E-state index >= 15 is 0 Å². The summed E-state index contributed by atoms with van der Waals surface area (Å²) in [5.74, 6) is -2.80. The van der Waals surface area contributed by atoms with Gasteiger partial charge < -0.3 is 10.6 Å². The Hall–Kier alpha value is -2.76. The summed E-state index contributed by atoms with van der Waals surface area (Å²) in [4.78, 5) is 24.2. The van der Waals surface area contributed by atoms with Crippen LogP contribution in [0.3, 0.4) is 0 Å². The lowest BCUT2D eigenvalue weighted by molar-refractivity contribution is 0.0953. The first-order valence-corrected chi connectivity index (χ1v) is 7.66. The number of amides is 2. The van der Waals surface area contributed by atoms with E-state index in [1.54, 1.807) is 12.1 Å². The average Bonchev–Trinajstić information content (AvgIpc) is 2.58. The number of rotatable bonds is 6. The standard InChI is InChI=1S/C18H18F2N2O2/c1-2-3-9-21-17(23)12-5-4-6-13(10-12)18(24)22-14-7-8-15(19)16(20)11-14/h4-8,10-11H,2-3,9H2,1H3,(H,21,23)(H,22,24). The zero-order valence-corrected chi connectivity index (χ0v) is 13.2. The van der Waals surface area contributed by atoms with Gasteiger partial charge in [0.25, 0.3) is 11.8 Å². The van der Waals surface area contributed by atoms with E-state index in [2.05, 4.69) is 10.6 Å². The van der Waals surface area contributed by atoms with Crippen molar-refractivity contribution in [1.29, 1.82) is 0 Å². The molecule has 0 aromatic heterocycles. The molecular weight excluding hydrogens is 314 g/mol. The molecule has 2 rings (SSSR count). The highest BCUT2D eigenvalue weighted by molar-refractivity contribution is 6.06. The van der Waals surface area contributed by atoms with E-state index in [0.29, 0.717) is 12.1 Å². The summed E-state index contributed by atoms with van der Waals surface area (Å²) in [5, 5.41) is 5.23. The third-order valence-corrected chi connectivity index (χ3v) is 3.38. The van der Waals surface area contributed by atoms with Crippen LogP contribution in [0, 0.1) is 11.6 Å². The highest BCUT2D eigenvalue weighted by atomic mass is 19.2. The van der Waals surface area contributed by atoms with Gasteiger partial charge in [0.1, 0.15) is 0 Å². The third kappa shape index (κ3) is 4.62. The fraction of sp³-hybridized carbons (Fsp3) is 0.222. The largest absolute Gasteiger partial charge is 0.352 e. The molecular formula is C18H18F2N2O2. The molecule has 2 amide bonds. The first-order chi connectivity index (χ1) is 11.5. The minimum atomic E-state index is -1.04. The van der Waals surface area contributed by atoms with Gasteiger partial charge in [-0.15, -0.1) is 0 Å². The van der Waals surface area contributed by atoms with Crippen LogP contribution < -0.4 is 10.6 Å². The predicted octanol–water partition coefficient (Wildman–Crippen LogP) is 3.75. The number of carbonyl (C=O) groups is 2. The Morgan fingerprint density at radius 3 is 2.33 bits per heavy atom. The van der Waals surface area contributed by atoms with Crippen LogP contribution in [0.2, 0.25) is 0 Å². The van der Waals surface area contributed by atoms with Crippen molar-refractivity contribution in [3.63, 3.8) is 0 Å². The number of hydrogen-bond donors (Lipinski definition) is 2. The molecule has 24 heavy (non-hydrogen) atoms. The Labute approximate surface area is 138 Å². The van der Waals surface area contributed by atoms with Crippen molar-refractivity contribution in [2.24, 2.45) is 0 Å². The van der Waals surface area contributed by atoms with Crippen LogP contribution in [0.5, 0.6) is 0 Å². The Morgan fingerprint density at radius 2 is 1.67 bits per heavy atom. The van der Waals surface area contributed by atoms with Crippen LogP contribution in [-0.4, -0.2) is 18.4 Å². The van der Waals surface area contributed by atoms with Gasteiger partial charge in [0.2, 0.25) is 0 Å². The maximum atomic E-state index is 13.2. The summed E-state index contributed by atoms with van der Waals surface area (Å²) < 4.78 is 26.1. The fourth-order valence-corrected chi connectivity index (χ4v) is 2.06. The lowest BCUT2D eigenvalue weighted by Crippen LogP contribution is -2.24. The van der Waals surface area contributed by atoms with Crippen molar-refractivity contribution in [2.45, 2.75) is 19.8 Å². The van der Waals surface area contributed by atoms with Gasteiger partial charge in [0.05, 0.1) is 0 Å². The molecule has 0 aliphatic carbocycles. The summed E-state index contributed by atoms with van der Waals surface area (Å²) in [6.45, 7) is 2.59. The topological polar surface area (TPSA) is 58.2 Å². The van der Waals surface area contributed by atoms with E-state index in [1.165, 1.54) is 18.2 Å². The van der Waals surface area contributed by atoms with E-state index in [9.17, 15) is 18.4 Å². The Kier molecular flexibility index (Phi) is 6.01. The summed E-state index contributed by atoms with van der Waals surface area (Å²) in [6, 6.07) is 9.29. The zero-order valence-electron chi connectivity index (χ0n) is 13.2. The van der Waals surface area contributed by atoms with E-state index in [4.69, 9.17) is 0 Å². The number of anilines is 1. The molecule has 0 spiro atoms. The zero-order chi connectivity index (χ0) is 17.5. The smallest absolute Gasteiger partial charge is 0.255 e. The number of unbranched alkanes of at least 4 members (excludes halogenated alkanes) is 1. The van der Waals surface area contributed by atoms with Gasteiger partial charge >= 0.3 is 0 Å². The molecule has 0 bridgehead atoms. The van der Waals surface area contributed by atoms with Crippen LogP contribution >= 0.6 is 0 Å². The molecule has 0 aliphatic heterocycles. The summed E-state index contributed by atoms with van der Waals surface area (Å²) in [5.41, 5.74) is 0.753. The average molecular weight is 332 g/mol. The summed E-state index contributed by atoms with van der Waals surface area (Å²) in [6.07, 6.45) is 1.85. The summed E-state index contributed by atoms with van der Waals surface area (Å²) >= 11 is 0. The second kappa shape index (κ2) is 8.19. The second-order valence-corrected chi connectivity index (χ2v) is 5.27. The molecule has 6 heteroatoms. The van der Waals surface area contributed by atoms with Crippen LogP contribution in [0.4, 0.5) is 14.5 Å². The number of hydrogen-bond acceptors (Lipinski definition) is 2. The van der Waals surface area contributed by atoms with E-state index in [-0.39, 0.29) is 17.2 Å². The Balaban J connectivity index is 2.08. The minimum Gasteiger partial charge on any atom is -0.352 e. The van der Waals surface area contributed by atoms with Gasteiger partial charge in [-0.1, -0.05) is 19.4 Å². The maximum Gasteiger partial charge on any atom is 0.255 e. The van der Waals surface area contributed by atoms with E-state index in [1.807, 2.05) is 6.92 Å². The van der Waals surface area contributed by atoms with E-state index < -0.39 is 17.5 Å². The molecule has 2 aromatic rings. The Bertz CT molecular complexity index is 748. The normalized spacial score (nSPS) is 10.3. The molecule has 0 heterocycles. The minimum absolute atomic E-state index is 0.136. The number of halogens is 2. The van der Waals surface area contributed by atoms with Gasteiger partial charge in [-0.2, -0.15) is 0 Å². The third-order valence-electron chi connectivity index (χ3n) is 3.38. The Morgan fingerprint density at radius 1 is 0.958 bits per heavy atom. The highest BCUT2D eigenvalue weighted by Gasteiger charge is 2.11. The van der Waals surface area contributed by atoms with Gasteiger partial charge in [-0.25, -0.2) is 8.78 Å². The van der Waals surface area contributed by atoms with Crippen LogP contribution in [0.1, 0.15) is 40.5 Å². The molecule has 0 saturated carbocycles. The summed E-state index contributed by atoms with van der Waals surface area (Å²) in [7, 11) is 0. The van der Waals surface area contributed by atoms with Gasteiger partial charge in [-0.3, -0.25) is 9.59 Å². The van der Waals surface area contributed by atoms with Crippen LogP contribution in [0.25, 0.3) is 0 Å². The fourth-order valence-electron chi connectivity index (χ4n) is 2.06. The maximum absolute atomic E-state index is 13.2. The van der Waals surface area contributed by atoms with Crippen molar-refractivity contribution in [3.05, 3.63) is 65.2 Å².